The van der Waals surface area contributed by atoms with Crippen LogP contribution in [0.15, 0.2) is 42.5 Å². The van der Waals surface area contributed by atoms with Crippen LogP contribution in [0.3, 0.4) is 0 Å². The molecule has 0 bridgehead atoms. The van der Waals surface area contributed by atoms with E-state index in [-0.39, 0.29) is 35.8 Å². The molecule has 2 unspecified atom stereocenters. The molecule has 0 amide bonds. The van der Waals surface area contributed by atoms with Gasteiger partial charge in [0, 0.05) is 12.5 Å². The summed E-state index contributed by atoms with van der Waals surface area (Å²) in [5.74, 6) is 0.693. The molecule has 0 aliphatic carbocycles. The third kappa shape index (κ3) is 6.15. The van der Waals surface area contributed by atoms with Crippen LogP contribution >= 0.6 is 0 Å². The lowest BCUT2D eigenvalue weighted by Gasteiger charge is -2.18. The van der Waals surface area contributed by atoms with E-state index in [1.54, 1.807) is 44.2 Å². The zero-order valence-corrected chi connectivity index (χ0v) is 17.8. The molecule has 0 aromatic heterocycles. The van der Waals surface area contributed by atoms with Gasteiger partial charge >= 0.3 is 6.61 Å². The number of para-hydroxylation sites is 1. The number of Topliss-reactive ketones (excluding diaryl/α,β-unsaturated/α-hetero) is 1. The summed E-state index contributed by atoms with van der Waals surface area (Å²) in [7, 11) is 0. The van der Waals surface area contributed by atoms with Crippen LogP contribution in [0.2, 0.25) is 0 Å². The molecule has 1 aliphatic rings. The van der Waals surface area contributed by atoms with Gasteiger partial charge in [0.1, 0.15) is 12.0 Å². The van der Waals surface area contributed by atoms with Gasteiger partial charge in [-0.25, -0.2) is 0 Å². The molecule has 1 N–H and O–H groups in total. The molecule has 0 spiro atoms. The Morgan fingerprint density at radius 2 is 1.90 bits per heavy atom. The lowest BCUT2D eigenvalue weighted by atomic mass is 10.0. The molecule has 1 saturated heterocycles. The summed E-state index contributed by atoms with van der Waals surface area (Å²) in [6, 6.07) is 11.6. The van der Waals surface area contributed by atoms with Crippen molar-refractivity contribution >= 4 is 5.78 Å². The second-order valence-electron chi connectivity index (χ2n) is 7.38. The maximum Gasteiger partial charge on any atom is 0.387 e. The van der Waals surface area contributed by atoms with Crippen LogP contribution in [0.4, 0.5) is 8.78 Å². The van der Waals surface area contributed by atoms with Gasteiger partial charge in [-0.3, -0.25) is 10.1 Å². The molecule has 1 heterocycles. The molecular weight excluding hydrogens is 408 g/mol. The average molecular weight is 435 g/mol. The van der Waals surface area contributed by atoms with Crippen molar-refractivity contribution in [3.05, 3.63) is 53.6 Å². The molecule has 1 fully saturated rings. The van der Waals surface area contributed by atoms with Crippen molar-refractivity contribution in [2.24, 2.45) is 0 Å². The zero-order valence-electron chi connectivity index (χ0n) is 17.8. The average Bonchev–Trinajstić information content (AvgIpc) is 3.17. The van der Waals surface area contributed by atoms with E-state index in [0.29, 0.717) is 30.1 Å². The first-order chi connectivity index (χ1) is 14.9. The lowest BCUT2D eigenvalue weighted by Crippen LogP contribution is -2.28. The van der Waals surface area contributed by atoms with Crippen molar-refractivity contribution < 1.29 is 32.5 Å². The van der Waals surface area contributed by atoms with Crippen LogP contribution in [-0.2, 0) is 4.74 Å². The summed E-state index contributed by atoms with van der Waals surface area (Å²) in [6.45, 7) is 3.32. The number of halogens is 2. The first kappa shape index (κ1) is 23.0. The van der Waals surface area contributed by atoms with Gasteiger partial charge in [0.15, 0.2) is 17.3 Å². The normalized spacial score (nSPS) is 18.4. The highest BCUT2D eigenvalue weighted by Crippen LogP contribution is 2.34. The molecule has 2 atom stereocenters. The van der Waals surface area contributed by atoms with Crippen molar-refractivity contribution in [2.45, 2.75) is 52.2 Å². The summed E-state index contributed by atoms with van der Waals surface area (Å²) >= 11 is 0. The fourth-order valence-electron chi connectivity index (χ4n) is 3.37. The first-order valence-electron chi connectivity index (χ1n) is 10.3. The van der Waals surface area contributed by atoms with E-state index in [1.165, 1.54) is 6.07 Å². The number of carbonyl (C=O) groups is 1. The number of hydrogen-bond donors (Lipinski definition) is 1. The van der Waals surface area contributed by atoms with Crippen LogP contribution in [0.5, 0.6) is 17.2 Å². The summed E-state index contributed by atoms with van der Waals surface area (Å²) in [4.78, 5) is 12.8. The summed E-state index contributed by atoms with van der Waals surface area (Å²) in [5.41, 5.74) is 1.23. The Morgan fingerprint density at radius 3 is 2.61 bits per heavy atom. The first-order valence-corrected chi connectivity index (χ1v) is 10.3. The number of nitrogens with one attached hydrogen (secondary N) is 1. The van der Waals surface area contributed by atoms with E-state index >= 15 is 0 Å². The fourth-order valence-corrected chi connectivity index (χ4v) is 3.37. The van der Waals surface area contributed by atoms with Gasteiger partial charge in [-0.05, 0) is 50.6 Å². The van der Waals surface area contributed by atoms with E-state index < -0.39 is 12.8 Å². The molecule has 168 valence electrons. The third-order valence-corrected chi connectivity index (χ3v) is 4.62. The van der Waals surface area contributed by atoms with Crippen LogP contribution in [0.25, 0.3) is 0 Å². The molecule has 8 heteroatoms. The Bertz CT molecular complexity index is 890. The SMILES string of the molecule is CCOc1ccccc1C(=O)CC1COC(c2ccc(OC(F)F)c(OC(C)C)c2)N1. The number of carbonyl (C=O) groups excluding carboxylic acids is 1. The Kier molecular flexibility index (Phi) is 7.81. The molecular formula is C23H27F2NO5. The summed E-state index contributed by atoms with van der Waals surface area (Å²) in [6.07, 6.45) is -0.471. The number of benzene rings is 2. The van der Waals surface area contributed by atoms with E-state index in [0.717, 1.165) is 0 Å². The topological polar surface area (TPSA) is 66.0 Å². The highest BCUT2D eigenvalue weighted by atomic mass is 19.3. The van der Waals surface area contributed by atoms with E-state index in [1.807, 2.05) is 13.0 Å². The Morgan fingerprint density at radius 1 is 1.13 bits per heavy atom. The minimum absolute atomic E-state index is 0.0373. The number of ketones is 1. The van der Waals surface area contributed by atoms with Gasteiger partial charge in [-0.15, -0.1) is 0 Å². The fraction of sp³-hybridized carbons (Fsp3) is 0.435. The van der Waals surface area contributed by atoms with Crippen molar-refractivity contribution in [1.29, 1.82) is 0 Å². The van der Waals surface area contributed by atoms with E-state index in [9.17, 15) is 13.6 Å². The monoisotopic (exact) mass is 435 g/mol. The van der Waals surface area contributed by atoms with Gasteiger partial charge in [0.05, 0.1) is 24.9 Å². The molecule has 0 saturated carbocycles. The van der Waals surface area contributed by atoms with Crippen LogP contribution in [-0.4, -0.2) is 37.8 Å². The van der Waals surface area contributed by atoms with Crippen molar-refractivity contribution in [2.75, 3.05) is 13.2 Å². The smallest absolute Gasteiger partial charge is 0.387 e. The van der Waals surface area contributed by atoms with Gasteiger partial charge in [-0.1, -0.05) is 18.2 Å². The lowest BCUT2D eigenvalue weighted by molar-refractivity contribution is -0.0519. The zero-order chi connectivity index (χ0) is 22.4. The Hall–Kier alpha value is -2.71. The minimum Gasteiger partial charge on any atom is -0.493 e. The molecule has 6 nitrogen and oxygen atoms in total. The van der Waals surface area contributed by atoms with Crippen molar-refractivity contribution in [1.82, 2.24) is 5.32 Å². The largest absolute Gasteiger partial charge is 0.493 e. The summed E-state index contributed by atoms with van der Waals surface area (Å²) < 4.78 is 46.9. The maximum atomic E-state index is 12.8. The molecule has 1 aliphatic heterocycles. The van der Waals surface area contributed by atoms with Gasteiger partial charge in [0.25, 0.3) is 0 Å². The van der Waals surface area contributed by atoms with Crippen LogP contribution < -0.4 is 19.5 Å². The van der Waals surface area contributed by atoms with Crippen LogP contribution in [0.1, 0.15) is 49.3 Å². The predicted molar refractivity (Wildman–Crippen MR) is 111 cm³/mol. The number of alkyl halides is 2. The molecule has 3 rings (SSSR count). The Balaban J connectivity index is 1.68. The number of rotatable bonds is 10. The molecule has 31 heavy (non-hydrogen) atoms. The second kappa shape index (κ2) is 10.5. The van der Waals surface area contributed by atoms with Gasteiger partial charge in [0.2, 0.25) is 0 Å². The highest BCUT2D eigenvalue weighted by molar-refractivity contribution is 5.99. The van der Waals surface area contributed by atoms with E-state index in [4.69, 9.17) is 14.2 Å². The van der Waals surface area contributed by atoms with Gasteiger partial charge in [-0.2, -0.15) is 8.78 Å². The van der Waals surface area contributed by atoms with E-state index in [2.05, 4.69) is 10.1 Å². The number of hydrogen-bond acceptors (Lipinski definition) is 6. The van der Waals surface area contributed by atoms with Crippen molar-refractivity contribution in [3.8, 4) is 17.2 Å². The van der Waals surface area contributed by atoms with Gasteiger partial charge < -0.3 is 18.9 Å². The Labute approximate surface area is 180 Å². The second-order valence-corrected chi connectivity index (χ2v) is 7.38. The summed E-state index contributed by atoms with van der Waals surface area (Å²) in [5, 5.41) is 3.27. The quantitative estimate of drug-likeness (QED) is 0.544. The third-order valence-electron chi connectivity index (χ3n) is 4.62. The number of ether oxygens (including phenoxy) is 4. The molecule has 2 aromatic rings. The molecule has 2 aromatic carbocycles. The predicted octanol–water partition coefficient (Wildman–Crippen LogP) is 4.73. The molecule has 0 radical (unpaired) electrons. The van der Waals surface area contributed by atoms with Crippen LogP contribution in [0, 0.1) is 0 Å². The maximum absolute atomic E-state index is 12.8. The standard InChI is InChI=1S/C23H27F2NO5/c1-4-28-19-8-6-5-7-17(19)18(27)12-16-13-29-22(26-16)15-9-10-20(31-23(24)25)21(11-15)30-14(2)3/h5-11,14,16,22-23,26H,4,12-13H2,1-3H3. The minimum atomic E-state index is -2.95. The highest BCUT2D eigenvalue weighted by Gasteiger charge is 2.29. The van der Waals surface area contributed by atoms with Crippen molar-refractivity contribution in [3.63, 3.8) is 0 Å².